The third-order valence-electron chi connectivity index (χ3n) is 4.24. The van der Waals surface area contributed by atoms with Crippen LogP contribution in [0, 0.1) is 0 Å². The number of unbranched alkanes of at least 4 members (excludes halogenated alkanes) is 1. The molecule has 0 N–H and O–H groups in total. The van der Waals surface area contributed by atoms with Gasteiger partial charge < -0.3 is 0 Å². The average Bonchev–Trinajstić information content (AvgIpc) is 2.58. The maximum absolute atomic E-state index is 2.30. The summed E-state index contributed by atoms with van der Waals surface area (Å²) in [6.45, 7) is 4.45. The maximum atomic E-state index is 2.30. The zero-order chi connectivity index (χ0) is 16.3. The largest absolute Gasteiger partial charge is 0.0840 e. The normalized spacial score (nSPS) is 11.2. The molecule has 0 atom stereocenters. The molecular formula is C23H30. The Hall–Kier alpha value is -1.82. The van der Waals surface area contributed by atoms with E-state index in [1.807, 2.05) is 0 Å². The highest BCUT2D eigenvalue weighted by molar-refractivity contribution is 5.49. The SMILES string of the molecule is CCC/C=C/c1ccc(CCCc2ccc(CCC)cc2)cc1. The quantitative estimate of drug-likeness (QED) is 0.488. The van der Waals surface area contributed by atoms with Crippen LogP contribution in [0.4, 0.5) is 0 Å². The molecule has 0 nitrogen and oxygen atoms in total. The second kappa shape index (κ2) is 10.0. The topological polar surface area (TPSA) is 0 Å². The summed E-state index contributed by atoms with van der Waals surface area (Å²) in [4.78, 5) is 0. The Bertz CT molecular complexity index is 572. The molecule has 0 fully saturated rings. The third kappa shape index (κ3) is 6.44. The molecule has 23 heavy (non-hydrogen) atoms. The van der Waals surface area contributed by atoms with Crippen molar-refractivity contribution in [1.29, 1.82) is 0 Å². The molecular weight excluding hydrogens is 276 g/mol. The zero-order valence-corrected chi connectivity index (χ0v) is 14.7. The number of benzene rings is 2. The highest BCUT2D eigenvalue weighted by Gasteiger charge is 1.97. The Morgan fingerprint density at radius 2 is 1.17 bits per heavy atom. The fraction of sp³-hybridized carbons (Fsp3) is 0.391. The van der Waals surface area contributed by atoms with Gasteiger partial charge in [0.05, 0.1) is 0 Å². The van der Waals surface area contributed by atoms with Crippen LogP contribution < -0.4 is 0 Å². The first-order valence-electron chi connectivity index (χ1n) is 9.15. The van der Waals surface area contributed by atoms with Gasteiger partial charge in [-0.2, -0.15) is 0 Å². The van der Waals surface area contributed by atoms with E-state index in [1.54, 1.807) is 0 Å². The first-order chi connectivity index (χ1) is 11.3. The van der Waals surface area contributed by atoms with Gasteiger partial charge in [-0.15, -0.1) is 0 Å². The van der Waals surface area contributed by atoms with Gasteiger partial charge in [0.2, 0.25) is 0 Å². The van der Waals surface area contributed by atoms with E-state index in [9.17, 15) is 0 Å². The van der Waals surface area contributed by atoms with E-state index >= 15 is 0 Å². The van der Waals surface area contributed by atoms with Crippen LogP contribution >= 0.6 is 0 Å². The summed E-state index contributed by atoms with van der Waals surface area (Å²) in [6, 6.07) is 18.2. The Labute approximate surface area is 142 Å². The highest BCUT2D eigenvalue weighted by Crippen LogP contribution is 2.12. The van der Waals surface area contributed by atoms with Gasteiger partial charge in [0.15, 0.2) is 0 Å². The minimum atomic E-state index is 1.16. The number of allylic oxidation sites excluding steroid dienone is 1. The van der Waals surface area contributed by atoms with E-state index in [2.05, 4.69) is 74.5 Å². The van der Waals surface area contributed by atoms with Crippen LogP contribution in [-0.4, -0.2) is 0 Å². The lowest BCUT2D eigenvalue weighted by atomic mass is 10.0. The van der Waals surface area contributed by atoms with E-state index in [0.29, 0.717) is 0 Å². The molecule has 0 unspecified atom stereocenters. The first-order valence-corrected chi connectivity index (χ1v) is 9.15. The Morgan fingerprint density at radius 3 is 1.70 bits per heavy atom. The van der Waals surface area contributed by atoms with Gasteiger partial charge in [-0.1, -0.05) is 87.4 Å². The Kier molecular flexibility index (Phi) is 7.66. The zero-order valence-electron chi connectivity index (χ0n) is 14.7. The minimum Gasteiger partial charge on any atom is -0.0840 e. The van der Waals surface area contributed by atoms with Crippen LogP contribution in [-0.2, 0) is 19.3 Å². The molecule has 0 spiro atoms. The van der Waals surface area contributed by atoms with Crippen molar-refractivity contribution in [3.63, 3.8) is 0 Å². The van der Waals surface area contributed by atoms with Gasteiger partial charge in [0, 0.05) is 0 Å². The molecule has 2 aromatic carbocycles. The molecule has 0 saturated heterocycles. The van der Waals surface area contributed by atoms with Crippen molar-refractivity contribution >= 4 is 6.08 Å². The summed E-state index contributed by atoms with van der Waals surface area (Å²) in [7, 11) is 0. The van der Waals surface area contributed by atoms with Gasteiger partial charge in [0.1, 0.15) is 0 Å². The summed E-state index contributed by atoms with van der Waals surface area (Å²) in [5.41, 5.74) is 5.68. The molecule has 0 saturated carbocycles. The van der Waals surface area contributed by atoms with Crippen molar-refractivity contribution < 1.29 is 0 Å². The lowest BCUT2D eigenvalue weighted by Gasteiger charge is -2.05. The van der Waals surface area contributed by atoms with Crippen molar-refractivity contribution in [2.24, 2.45) is 0 Å². The van der Waals surface area contributed by atoms with Crippen LogP contribution in [0.3, 0.4) is 0 Å². The Balaban J connectivity index is 1.77. The summed E-state index contributed by atoms with van der Waals surface area (Å²) in [5, 5.41) is 0. The standard InChI is InChI=1S/C23H30/c1-3-5-6-9-21-16-18-23(19-17-21)11-7-10-22-14-12-20(8-4-2)13-15-22/h6,9,12-19H,3-5,7-8,10-11H2,1-2H3/b9-6+. The van der Waals surface area contributed by atoms with Gasteiger partial charge in [-0.25, -0.2) is 0 Å². The van der Waals surface area contributed by atoms with Crippen LogP contribution in [0.5, 0.6) is 0 Å². The van der Waals surface area contributed by atoms with Crippen LogP contribution in [0.25, 0.3) is 6.08 Å². The second-order valence-corrected chi connectivity index (χ2v) is 6.35. The van der Waals surface area contributed by atoms with Crippen molar-refractivity contribution in [3.8, 4) is 0 Å². The van der Waals surface area contributed by atoms with Gasteiger partial charge in [0.25, 0.3) is 0 Å². The molecule has 122 valence electrons. The predicted molar refractivity (Wildman–Crippen MR) is 103 cm³/mol. The number of aryl methyl sites for hydroxylation is 3. The van der Waals surface area contributed by atoms with Crippen LogP contribution in [0.15, 0.2) is 54.6 Å². The van der Waals surface area contributed by atoms with Crippen molar-refractivity contribution in [2.75, 3.05) is 0 Å². The summed E-state index contributed by atoms with van der Waals surface area (Å²) in [6.07, 6.45) is 12.8. The number of rotatable bonds is 9. The number of hydrogen-bond donors (Lipinski definition) is 0. The first kappa shape index (κ1) is 17.5. The van der Waals surface area contributed by atoms with E-state index in [4.69, 9.17) is 0 Å². The molecule has 0 heterocycles. The lowest BCUT2D eigenvalue weighted by molar-refractivity contribution is 0.819. The van der Waals surface area contributed by atoms with Crippen molar-refractivity contribution in [1.82, 2.24) is 0 Å². The highest BCUT2D eigenvalue weighted by atomic mass is 14.0. The van der Waals surface area contributed by atoms with Crippen LogP contribution in [0.1, 0.15) is 61.8 Å². The fourth-order valence-corrected chi connectivity index (χ4v) is 2.84. The number of hydrogen-bond acceptors (Lipinski definition) is 0. The van der Waals surface area contributed by atoms with Gasteiger partial charge >= 0.3 is 0 Å². The average molecular weight is 306 g/mol. The predicted octanol–water partition coefficient (Wildman–Crippen LogP) is 6.63. The van der Waals surface area contributed by atoms with Crippen molar-refractivity contribution in [2.45, 2.75) is 58.8 Å². The van der Waals surface area contributed by atoms with E-state index < -0.39 is 0 Å². The molecule has 0 aliphatic carbocycles. The van der Waals surface area contributed by atoms with E-state index in [0.717, 1.165) is 6.42 Å². The fourth-order valence-electron chi connectivity index (χ4n) is 2.84. The van der Waals surface area contributed by atoms with Crippen molar-refractivity contribution in [3.05, 3.63) is 76.9 Å². The minimum absolute atomic E-state index is 1.16. The molecule has 0 heteroatoms. The summed E-state index contributed by atoms with van der Waals surface area (Å²) >= 11 is 0. The Morgan fingerprint density at radius 1 is 0.652 bits per heavy atom. The maximum Gasteiger partial charge on any atom is -0.0260 e. The monoisotopic (exact) mass is 306 g/mol. The second-order valence-electron chi connectivity index (χ2n) is 6.35. The summed E-state index contributed by atoms with van der Waals surface area (Å²) < 4.78 is 0. The third-order valence-corrected chi connectivity index (χ3v) is 4.24. The molecule has 2 rings (SSSR count). The lowest BCUT2D eigenvalue weighted by Crippen LogP contribution is -1.91. The van der Waals surface area contributed by atoms with E-state index in [1.165, 1.54) is 60.8 Å². The smallest absolute Gasteiger partial charge is 0.0260 e. The molecule has 0 radical (unpaired) electrons. The summed E-state index contributed by atoms with van der Waals surface area (Å²) in [5.74, 6) is 0. The van der Waals surface area contributed by atoms with Gasteiger partial charge in [-0.3, -0.25) is 0 Å². The molecule has 0 amide bonds. The molecule has 0 aromatic heterocycles. The molecule has 2 aromatic rings. The molecule has 0 aliphatic heterocycles. The molecule has 0 aliphatic rings. The van der Waals surface area contributed by atoms with E-state index in [-0.39, 0.29) is 0 Å². The van der Waals surface area contributed by atoms with Gasteiger partial charge in [-0.05, 0) is 54.4 Å². The molecule has 0 bridgehead atoms. The van der Waals surface area contributed by atoms with Crippen LogP contribution in [0.2, 0.25) is 0 Å².